The standard InChI is InChI=1S/C17H23N3/c18-13-14-5-1-2-6-17(14)19-15-7-9-16(10-8-15)20-11-3-4-12-20/h1-2,5-6,15-16,19H,3-4,7-12H2. The summed E-state index contributed by atoms with van der Waals surface area (Å²) in [6, 6.07) is 11.4. The molecule has 0 bridgehead atoms. The van der Waals surface area contributed by atoms with Crippen LogP contribution in [-0.4, -0.2) is 30.1 Å². The summed E-state index contributed by atoms with van der Waals surface area (Å²) in [4.78, 5) is 2.68. The normalized spacial score (nSPS) is 27.1. The van der Waals surface area contributed by atoms with Crippen molar-refractivity contribution in [1.82, 2.24) is 4.90 Å². The van der Waals surface area contributed by atoms with E-state index < -0.39 is 0 Å². The summed E-state index contributed by atoms with van der Waals surface area (Å²) in [6.07, 6.45) is 7.81. The van der Waals surface area contributed by atoms with Gasteiger partial charge in [0.25, 0.3) is 0 Å². The Labute approximate surface area is 121 Å². The fourth-order valence-electron chi connectivity index (χ4n) is 3.62. The molecule has 3 rings (SSSR count). The lowest BCUT2D eigenvalue weighted by Gasteiger charge is -2.35. The molecule has 0 amide bonds. The average molecular weight is 269 g/mol. The minimum atomic E-state index is 0.531. The first-order chi connectivity index (χ1) is 9.86. The van der Waals surface area contributed by atoms with Crippen LogP contribution in [0.25, 0.3) is 0 Å². The SMILES string of the molecule is N#Cc1ccccc1NC1CCC(N2CCCC2)CC1. The lowest BCUT2D eigenvalue weighted by molar-refractivity contribution is 0.186. The van der Waals surface area contributed by atoms with Gasteiger partial charge in [0.15, 0.2) is 0 Å². The van der Waals surface area contributed by atoms with Crippen molar-refractivity contribution in [2.45, 2.75) is 50.6 Å². The Bertz CT molecular complexity index is 477. The number of nitrogens with zero attached hydrogens (tertiary/aromatic N) is 2. The van der Waals surface area contributed by atoms with E-state index in [0.717, 1.165) is 17.3 Å². The van der Waals surface area contributed by atoms with Gasteiger partial charge in [-0.25, -0.2) is 0 Å². The molecular weight excluding hydrogens is 246 g/mol. The molecule has 20 heavy (non-hydrogen) atoms. The zero-order valence-corrected chi connectivity index (χ0v) is 12.0. The van der Waals surface area contributed by atoms with Gasteiger partial charge in [0.05, 0.1) is 11.3 Å². The monoisotopic (exact) mass is 269 g/mol. The van der Waals surface area contributed by atoms with Gasteiger partial charge in [-0.05, 0) is 63.7 Å². The Kier molecular flexibility index (Phi) is 4.22. The first-order valence-electron chi connectivity index (χ1n) is 7.86. The number of nitrogens with one attached hydrogen (secondary N) is 1. The van der Waals surface area contributed by atoms with E-state index in [1.165, 1.54) is 51.6 Å². The number of nitriles is 1. The van der Waals surface area contributed by atoms with E-state index >= 15 is 0 Å². The van der Waals surface area contributed by atoms with Gasteiger partial charge in [-0.2, -0.15) is 5.26 Å². The van der Waals surface area contributed by atoms with Crippen LogP contribution in [0.15, 0.2) is 24.3 Å². The highest BCUT2D eigenvalue weighted by Crippen LogP contribution is 2.28. The molecule has 1 saturated heterocycles. The Morgan fingerprint density at radius 3 is 2.45 bits per heavy atom. The summed E-state index contributed by atoms with van der Waals surface area (Å²) in [5.41, 5.74) is 1.76. The minimum absolute atomic E-state index is 0.531. The predicted octanol–water partition coefficient (Wildman–Crippen LogP) is 3.38. The zero-order valence-electron chi connectivity index (χ0n) is 12.0. The summed E-state index contributed by atoms with van der Waals surface area (Å²) in [5, 5.41) is 12.7. The van der Waals surface area contributed by atoms with Gasteiger partial charge in [-0.15, -0.1) is 0 Å². The smallest absolute Gasteiger partial charge is 0.101 e. The predicted molar refractivity (Wildman–Crippen MR) is 81.6 cm³/mol. The zero-order chi connectivity index (χ0) is 13.8. The molecule has 0 radical (unpaired) electrons. The van der Waals surface area contributed by atoms with Crippen molar-refractivity contribution in [3.63, 3.8) is 0 Å². The molecule has 2 fully saturated rings. The Hall–Kier alpha value is -1.53. The third-order valence-corrected chi connectivity index (χ3v) is 4.76. The fourth-order valence-corrected chi connectivity index (χ4v) is 3.62. The van der Waals surface area contributed by atoms with Gasteiger partial charge in [-0.1, -0.05) is 12.1 Å². The molecule has 3 nitrogen and oxygen atoms in total. The van der Waals surface area contributed by atoms with Crippen molar-refractivity contribution in [1.29, 1.82) is 5.26 Å². The first kappa shape index (κ1) is 13.5. The van der Waals surface area contributed by atoms with Crippen LogP contribution < -0.4 is 5.32 Å². The van der Waals surface area contributed by atoms with Crippen LogP contribution in [0.5, 0.6) is 0 Å². The van der Waals surface area contributed by atoms with E-state index in [2.05, 4.69) is 16.3 Å². The Morgan fingerprint density at radius 2 is 1.75 bits per heavy atom. The van der Waals surface area contributed by atoms with Crippen LogP contribution in [0, 0.1) is 11.3 Å². The maximum absolute atomic E-state index is 9.14. The van der Waals surface area contributed by atoms with Crippen LogP contribution in [0.3, 0.4) is 0 Å². The summed E-state index contributed by atoms with van der Waals surface area (Å²) in [7, 11) is 0. The van der Waals surface area contributed by atoms with Crippen LogP contribution in [0.4, 0.5) is 5.69 Å². The number of hydrogen-bond donors (Lipinski definition) is 1. The molecule has 0 aromatic heterocycles. The van der Waals surface area contributed by atoms with E-state index in [1.54, 1.807) is 0 Å². The third kappa shape index (κ3) is 2.96. The van der Waals surface area contributed by atoms with Gasteiger partial charge < -0.3 is 10.2 Å². The topological polar surface area (TPSA) is 39.1 Å². The maximum Gasteiger partial charge on any atom is 0.101 e. The third-order valence-electron chi connectivity index (χ3n) is 4.76. The van der Waals surface area contributed by atoms with Gasteiger partial charge in [0.1, 0.15) is 6.07 Å². The van der Waals surface area contributed by atoms with Gasteiger partial charge in [-0.3, -0.25) is 0 Å². The number of anilines is 1. The minimum Gasteiger partial charge on any atom is -0.381 e. The number of rotatable bonds is 3. The number of para-hydroxylation sites is 1. The van der Waals surface area contributed by atoms with Gasteiger partial charge >= 0.3 is 0 Å². The molecule has 106 valence electrons. The average Bonchev–Trinajstić information content (AvgIpc) is 3.03. The molecule has 1 aromatic carbocycles. The van der Waals surface area contributed by atoms with E-state index in [9.17, 15) is 0 Å². The highest BCUT2D eigenvalue weighted by molar-refractivity contribution is 5.57. The highest BCUT2D eigenvalue weighted by Gasteiger charge is 2.27. The molecule has 1 saturated carbocycles. The number of hydrogen-bond acceptors (Lipinski definition) is 3. The molecule has 0 spiro atoms. The maximum atomic E-state index is 9.14. The van der Waals surface area contributed by atoms with E-state index in [0.29, 0.717) is 6.04 Å². The second-order valence-corrected chi connectivity index (χ2v) is 6.05. The largest absolute Gasteiger partial charge is 0.381 e. The number of benzene rings is 1. The van der Waals surface area contributed by atoms with Crippen molar-refractivity contribution >= 4 is 5.69 Å². The summed E-state index contributed by atoms with van der Waals surface area (Å²) in [6.45, 7) is 2.61. The molecule has 1 heterocycles. The van der Waals surface area contributed by atoms with Crippen molar-refractivity contribution in [2.75, 3.05) is 18.4 Å². The van der Waals surface area contributed by atoms with Gasteiger partial charge in [0, 0.05) is 12.1 Å². The van der Waals surface area contributed by atoms with E-state index in [1.807, 2.05) is 24.3 Å². The van der Waals surface area contributed by atoms with Crippen molar-refractivity contribution < 1.29 is 0 Å². The molecular formula is C17H23N3. The summed E-state index contributed by atoms with van der Waals surface area (Å²) in [5.74, 6) is 0. The Morgan fingerprint density at radius 1 is 1.05 bits per heavy atom. The van der Waals surface area contributed by atoms with E-state index in [-0.39, 0.29) is 0 Å². The van der Waals surface area contributed by atoms with Crippen LogP contribution in [0.2, 0.25) is 0 Å². The summed E-state index contributed by atoms with van der Waals surface area (Å²) < 4.78 is 0. The lowest BCUT2D eigenvalue weighted by atomic mass is 9.90. The summed E-state index contributed by atoms with van der Waals surface area (Å²) >= 11 is 0. The van der Waals surface area contributed by atoms with Crippen LogP contribution >= 0.6 is 0 Å². The molecule has 0 unspecified atom stereocenters. The second kappa shape index (κ2) is 6.28. The van der Waals surface area contributed by atoms with Crippen LogP contribution in [0.1, 0.15) is 44.1 Å². The molecule has 3 heteroatoms. The molecule has 2 aliphatic rings. The molecule has 0 atom stereocenters. The fraction of sp³-hybridized carbons (Fsp3) is 0.588. The van der Waals surface area contributed by atoms with Crippen molar-refractivity contribution in [3.8, 4) is 6.07 Å². The van der Waals surface area contributed by atoms with Crippen molar-refractivity contribution in [2.24, 2.45) is 0 Å². The van der Waals surface area contributed by atoms with Crippen molar-refractivity contribution in [3.05, 3.63) is 29.8 Å². The highest BCUT2D eigenvalue weighted by atomic mass is 15.2. The molecule has 1 aliphatic heterocycles. The molecule has 1 aromatic rings. The van der Waals surface area contributed by atoms with Gasteiger partial charge in [0.2, 0.25) is 0 Å². The van der Waals surface area contributed by atoms with Crippen LogP contribution in [-0.2, 0) is 0 Å². The Balaban J connectivity index is 1.54. The number of likely N-dealkylation sites (tertiary alicyclic amines) is 1. The molecule has 1 N–H and O–H groups in total. The molecule has 1 aliphatic carbocycles. The van der Waals surface area contributed by atoms with E-state index in [4.69, 9.17) is 5.26 Å². The first-order valence-corrected chi connectivity index (χ1v) is 7.86. The quantitative estimate of drug-likeness (QED) is 0.914. The second-order valence-electron chi connectivity index (χ2n) is 6.05. The lowest BCUT2D eigenvalue weighted by Crippen LogP contribution is -2.38.